The average Bonchev–Trinajstić information content (AvgIpc) is 2.83. The molecular formula is C14H15FN6. The molecule has 0 radical (unpaired) electrons. The van der Waals surface area contributed by atoms with Crippen LogP contribution in [0.2, 0.25) is 0 Å². The van der Waals surface area contributed by atoms with Crippen LogP contribution in [0.4, 0.5) is 16.2 Å². The minimum atomic E-state index is -0.255. The standard InChI is InChI=1S/C14H15FN6/c1-20(2)12-11-13(19-14(16)18-12)21(8-17-11)7-9-5-3-4-6-10(9)15/h3-6,8H,7H2,1-2H3,(H2,16,18,19). The molecule has 7 heteroatoms. The van der Waals surface area contributed by atoms with Crippen LogP contribution in [0.1, 0.15) is 5.56 Å². The summed E-state index contributed by atoms with van der Waals surface area (Å²) < 4.78 is 15.5. The quantitative estimate of drug-likeness (QED) is 0.792. The second-order valence-corrected chi connectivity index (χ2v) is 4.94. The van der Waals surface area contributed by atoms with Crippen LogP contribution >= 0.6 is 0 Å². The summed E-state index contributed by atoms with van der Waals surface area (Å²) in [6, 6.07) is 6.63. The van der Waals surface area contributed by atoms with E-state index in [9.17, 15) is 4.39 Å². The molecular weight excluding hydrogens is 271 g/mol. The second kappa shape index (κ2) is 5.01. The van der Waals surface area contributed by atoms with Crippen LogP contribution in [0, 0.1) is 5.82 Å². The molecule has 0 fully saturated rings. The molecule has 0 aliphatic rings. The first kappa shape index (κ1) is 13.3. The minimum Gasteiger partial charge on any atom is -0.368 e. The summed E-state index contributed by atoms with van der Waals surface area (Å²) in [5, 5.41) is 0. The fourth-order valence-electron chi connectivity index (χ4n) is 2.18. The summed E-state index contributed by atoms with van der Waals surface area (Å²) in [4.78, 5) is 14.5. The molecule has 108 valence electrons. The Kier molecular flexibility index (Phi) is 3.17. The van der Waals surface area contributed by atoms with Gasteiger partial charge in [-0.1, -0.05) is 18.2 Å². The number of hydrogen-bond acceptors (Lipinski definition) is 5. The van der Waals surface area contributed by atoms with E-state index in [4.69, 9.17) is 5.73 Å². The zero-order chi connectivity index (χ0) is 15.0. The van der Waals surface area contributed by atoms with E-state index in [0.29, 0.717) is 29.1 Å². The number of nitrogens with two attached hydrogens (primary N) is 1. The third kappa shape index (κ3) is 2.37. The van der Waals surface area contributed by atoms with Gasteiger partial charge in [-0.05, 0) is 6.07 Å². The van der Waals surface area contributed by atoms with Crippen molar-refractivity contribution in [2.75, 3.05) is 24.7 Å². The van der Waals surface area contributed by atoms with Gasteiger partial charge in [0, 0.05) is 19.7 Å². The molecule has 0 bridgehead atoms. The molecule has 0 unspecified atom stereocenters. The van der Waals surface area contributed by atoms with E-state index in [1.807, 2.05) is 19.0 Å². The van der Waals surface area contributed by atoms with E-state index >= 15 is 0 Å². The lowest BCUT2D eigenvalue weighted by Gasteiger charge is -2.12. The van der Waals surface area contributed by atoms with Gasteiger partial charge in [0.15, 0.2) is 17.0 Å². The molecule has 0 amide bonds. The summed E-state index contributed by atoms with van der Waals surface area (Å²) >= 11 is 0. The minimum absolute atomic E-state index is 0.168. The number of benzene rings is 1. The molecule has 0 aliphatic heterocycles. The van der Waals surface area contributed by atoms with Crippen molar-refractivity contribution in [2.24, 2.45) is 0 Å². The normalized spacial score (nSPS) is 11.0. The summed E-state index contributed by atoms with van der Waals surface area (Å²) in [6.07, 6.45) is 1.62. The van der Waals surface area contributed by atoms with Crippen LogP contribution in [0.5, 0.6) is 0 Å². The van der Waals surface area contributed by atoms with Gasteiger partial charge >= 0.3 is 0 Å². The van der Waals surface area contributed by atoms with Gasteiger partial charge in [0.1, 0.15) is 5.82 Å². The molecule has 1 aromatic carbocycles. The number of nitrogen functional groups attached to an aromatic ring is 1. The van der Waals surface area contributed by atoms with Crippen LogP contribution in [0.15, 0.2) is 30.6 Å². The predicted molar refractivity (Wildman–Crippen MR) is 79.6 cm³/mol. The first-order valence-corrected chi connectivity index (χ1v) is 6.45. The van der Waals surface area contributed by atoms with Gasteiger partial charge in [-0.15, -0.1) is 0 Å². The van der Waals surface area contributed by atoms with E-state index in [1.165, 1.54) is 6.07 Å². The molecule has 0 aliphatic carbocycles. The largest absolute Gasteiger partial charge is 0.368 e. The zero-order valence-electron chi connectivity index (χ0n) is 11.8. The van der Waals surface area contributed by atoms with Crippen molar-refractivity contribution in [1.29, 1.82) is 0 Å². The van der Waals surface area contributed by atoms with Crippen molar-refractivity contribution in [2.45, 2.75) is 6.54 Å². The second-order valence-electron chi connectivity index (χ2n) is 4.94. The maximum atomic E-state index is 13.8. The fraction of sp³-hybridized carbons (Fsp3) is 0.214. The number of nitrogens with zero attached hydrogens (tertiary/aromatic N) is 5. The number of halogens is 1. The van der Waals surface area contributed by atoms with Crippen molar-refractivity contribution in [3.63, 3.8) is 0 Å². The third-order valence-corrected chi connectivity index (χ3v) is 3.18. The van der Waals surface area contributed by atoms with E-state index in [1.54, 1.807) is 29.1 Å². The maximum absolute atomic E-state index is 13.8. The Labute approximate surface area is 121 Å². The van der Waals surface area contributed by atoms with E-state index in [2.05, 4.69) is 15.0 Å². The number of hydrogen-bond donors (Lipinski definition) is 1. The molecule has 0 saturated heterocycles. The number of imidazole rings is 1. The van der Waals surface area contributed by atoms with Crippen LogP contribution in [-0.2, 0) is 6.54 Å². The van der Waals surface area contributed by atoms with Crippen molar-refractivity contribution in [3.05, 3.63) is 42.0 Å². The first-order valence-electron chi connectivity index (χ1n) is 6.45. The van der Waals surface area contributed by atoms with Gasteiger partial charge in [-0.25, -0.2) is 9.37 Å². The van der Waals surface area contributed by atoms with Gasteiger partial charge in [0.05, 0.1) is 12.9 Å². The Hall–Kier alpha value is -2.70. The van der Waals surface area contributed by atoms with Crippen LogP contribution in [-0.4, -0.2) is 33.6 Å². The number of rotatable bonds is 3. The highest BCUT2D eigenvalue weighted by Gasteiger charge is 2.14. The lowest BCUT2D eigenvalue weighted by atomic mass is 10.2. The summed E-state index contributed by atoms with van der Waals surface area (Å²) in [5.41, 5.74) is 7.56. The van der Waals surface area contributed by atoms with Gasteiger partial charge in [-0.2, -0.15) is 9.97 Å². The molecule has 21 heavy (non-hydrogen) atoms. The monoisotopic (exact) mass is 286 g/mol. The summed E-state index contributed by atoms with van der Waals surface area (Å²) in [6.45, 7) is 0.340. The molecule has 0 atom stereocenters. The molecule has 0 spiro atoms. The summed E-state index contributed by atoms with van der Waals surface area (Å²) in [7, 11) is 3.72. The van der Waals surface area contributed by atoms with E-state index in [0.717, 1.165) is 0 Å². The van der Waals surface area contributed by atoms with Gasteiger partial charge in [0.2, 0.25) is 5.95 Å². The van der Waals surface area contributed by atoms with Crippen molar-refractivity contribution in [3.8, 4) is 0 Å². The van der Waals surface area contributed by atoms with Gasteiger partial charge in [0.25, 0.3) is 0 Å². The Morgan fingerprint density at radius 3 is 2.71 bits per heavy atom. The van der Waals surface area contributed by atoms with E-state index < -0.39 is 0 Å². The molecule has 6 nitrogen and oxygen atoms in total. The number of aromatic nitrogens is 4. The van der Waals surface area contributed by atoms with Crippen molar-refractivity contribution >= 4 is 22.9 Å². The Balaban J connectivity index is 2.10. The summed E-state index contributed by atoms with van der Waals surface area (Å²) in [5.74, 6) is 0.556. The lowest BCUT2D eigenvalue weighted by molar-refractivity contribution is 0.601. The number of fused-ring (bicyclic) bond motifs is 1. The molecule has 3 rings (SSSR count). The number of anilines is 2. The van der Waals surface area contributed by atoms with Crippen LogP contribution < -0.4 is 10.6 Å². The van der Waals surface area contributed by atoms with Gasteiger partial charge in [-0.3, -0.25) is 0 Å². The Morgan fingerprint density at radius 1 is 1.24 bits per heavy atom. The highest BCUT2D eigenvalue weighted by molar-refractivity contribution is 5.84. The molecule has 3 aromatic rings. The Bertz CT molecular complexity index is 795. The average molecular weight is 286 g/mol. The lowest BCUT2D eigenvalue weighted by Crippen LogP contribution is -2.13. The fourth-order valence-corrected chi connectivity index (χ4v) is 2.18. The third-order valence-electron chi connectivity index (χ3n) is 3.18. The molecule has 2 heterocycles. The van der Waals surface area contributed by atoms with Crippen LogP contribution in [0.3, 0.4) is 0 Å². The predicted octanol–water partition coefficient (Wildman–Crippen LogP) is 1.66. The van der Waals surface area contributed by atoms with Crippen molar-refractivity contribution < 1.29 is 4.39 Å². The highest BCUT2D eigenvalue weighted by atomic mass is 19.1. The van der Waals surface area contributed by atoms with E-state index in [-0.39, 0.29) is 11.8 Å². The first-order chi connectivity index (χ1) is 10.1. The smallest absolute Gasteiger partial charge is 0.224 e. The molecule has 2 N–H and O–H groups in total. The highest BCUT2D eigenvalue weighted by Crippen LogP contribution is 2.22. The van der Waals surface area contributed by atoms with Crippen molar-refractivity contribution in [1.82, 2.24) is 19.5 Å². The Morgan fingerprint density at radius 2 is 2.00 bits per heavy atom. The SMILES string of the molecule is CN(C)c1nc(N)nc2c1ncn2Cc1ccccc1F. The topological polar surface area (TPSA) is 72.9 Å². The zero-order valence-corrected chi connectivity index (χ0v) is 11.8. The van der Waals surface area contributed by atoms with Gasteiger partial charge < -0.3 is 15.2 Å². The molecule has 0 saturated carbocycles. The molecule has 2 aromatic heterocycles. The maximum Gasteiger partial charge on any atom is 0.224 e. The van der Waals surface area contributed by atoms with Crippen LogP contribution in [0.25, 0.3) is 11.2 Å².